The standard InChI is InChI=1S/C16H15N3O/c1-10-2-3-12(9-14(10)17)16(20)19-13-4-5-15-11(8-13)6-7-18-15/h2-9,18H,17H2,1H3,(H,19,20). The second kappa shape index (κ2) is 4.74. The number of nitrogens with two attached hydrogens (primary N) is 1. The Hall–Kier alpha value is -2.75. The molecule has 20 heavy (non-hydrogen) atoms. The van der Waals surface area contributed by atoms with Crippen molar-refractivity contribution in [3.8, 4) is 0 Å². The molecule has 3 aromatic rings. The zero-order valence-corrected chi connectivity index (χ0v) is 11.1. The molecule has 100 valence electrons. The first kappa shape index (κ1) is 12.3. The molecule has 0 bridgehead atoms. The second-order valence-electron chi connectivity index (χ2n) is 4.81. The number of amides is 1. The van der Waals surface area contributed by atoms with Crippen molar-refractivity contribution in [1.29, 1.82) is 0 Å². The van der Waals surface area contributed by atoms with Crippen LogP contribution in [0.4, 0.5) is 11.4 Å². The number of rotatable bonds is 2. The average molecular weight is 265 g/mol. The van der Waals surface area contributed by atoms with Crippen molar-refractivity contribution in [2.24, 2.45) is 0 Å². The number of anilines is 2. The van der Waals surface area contributed by atoms with E-state index >= 15 is 0 Å². The molecule has 0 radical (unpaired) electrons. The van der Waals surface area contributed by atoms with Crippen LogP contribution in [0.5, 0.6) is 0 Å². The molecule has 1 amide bonds. The lowest BCUT2D eigenvalue weighted by Gasteiger charge is -2.07. The van der Waals surface area contributed by atoms with Crippen LogP contribution >= 0.6 is 0 Å². The predicted octanol–water partition coefficient (Wildman–Crippen LogP) is 3.31. The van der Waals surface area contributed by atoms with Gasteiger partial charge in [0.05, 0.1) is 0 Å². The molecule has 0 fully saturated rings. The van der Waals surface area contributed by atoms with Gasteiger partial charge < -0.3 is 16.0 Å². The molecular weight excluding hydrogens is 250 g/mol. The minimum absolute atomic E-state index is 0.161. The van der Waals surface area contributed by atoms with Gasteiger partial charge >= 0.3 is 0 Å². The van der Waals surface area contributed by atoms with E-state index in [1.54, 1.807) is 12.1 Å². The Morgan fingerprint density at radius 1 is 1.15 bits per heavy atom. The molecule has 4 N–H and O–H groups in total. The Balaban J connectivity index is 1.85. The largest absolute Gasteiger partial charge is 0.398 e. The molecule has 0 aliphatic heterocycles. The van der Waals surface area contributed by atoms with Gasteiger partial charge in [-0.25, -0.2) is 0 Å². The molecule has 0 saturated heterocycles. The summed E-state index contributed by atoms with van der Waals surface area (Å²) in [6.45, 7) is 1.91. The van der Waals surface area contributed by atoms with Gasteiger partial charge in [0, 0.05) is 34.0 Å². The van der Waals surface area contributed by atoms with Gasteiger partial charge in [-0.15, -0.1) is 0 Å². The molecule has 4 nitrogen and oxygen atoms in total. The van der Waals surface area contributed by atoms with Gasteiger partial charge in [0.15, 0.2) is 0 Å². The first-order valence-electron chi connectivity index (χ1n) is 6.38. The Bertz CT molecular complexity index is 789. The number of aromatic nitrogens is 1. The number of aromatic amines is 1. The van der Waals surface area contributed by atoms with Gasteiger partial charge in [-0.05, 0) is 48.9 Å². The van der Waals surface area contributed by atoms with E-state index < -0.39 is 0 Å². The highest BCUT2D eigenvalue weighted by molar-refractivity contribution is 6.05. The van der Waals surface area contributed by atoms with Crippen molar-refractivity contribution < 1.29 is 4.79 Å². The van der Waals surface area contributed by atoms with Crippen LogP contribution in [0.15, 0.2) is 48.7 Å². The van der Waals surface area contributed by atoms with Crippen LogP contribution in [0.1, 0.15) is 15.9 Å². The van der Waals surface area contributed by atoms with Crippen molar-refractivity contribution >= 4 is 28.2 Å². The van der Waals surface area contributed by atoms with Crippen LogP contribution in [0.3, 0.4) is 0 Å². The molecule has 0 aliphatic rings. The monoisotopic (exact) mass is 265 g/mol. The number of hydrogen-bond acceptors (Lipinski definition) is 2. The van der Waals surface area contributed by atoms with E-state index in [2.05, 4.69) is 10.3 Å². The third-order valence-corrected chi connectivity index (χ3v) is 3.35. The van der Waals surface area contributed by atoms with Crippen molar-refractivity contribution in [1.82, 2.24) is 4.98 Å². The molecular formula is C16H15N3O. The minimum Gasteiger partial charge on any atom is -0.398 e. The van der Waals surface area contributed by atoms with E-state index in [4.69, 9.17) is 5.73 Å². The number of H-pyrrole nitrogens is 1. The normalized spacial score (nSPS) is 10.7. The molecule has 0 unspecified atom stereocenters. The maximum atomic E-state index is 12.2. The van der Waals surface area contributed by atoms with Crippen molar-refractivity contribution in [3.63, 3.8) is 0 Å². The van der Waals surface area contributed by atoms with Crippen LogP contribution in [0, 0.1) is 6.92 Å². The Morgan fingerprint density at radius 2 is 2.00 bits per heavy atom. The number of aryl methyl sites for hydroxylation is 1. The summed E-state index contributed by atoms with van der Waals surface area (Å²) in [5.74, 6) is -0.161. The number of benzene rings is 2. The first-order chi connectivity index (χ1) is 9.63. The highest BCUT2D eigenvalue weighted by Crippen LogP contribution is 2.19. The fourth-order valence-electron chi connectivity index (χ4n) is 2.12. The van der Waals surface area contributed by atoms with Crippen molar-refractivity contribution in [3.05, 3.63) is 59.8 Å². The fraction of sp³-hybridized carbons (Fsp3) is 0.0625. The van der Waals surface area contributed by atoms with Crippen LogP contribution in [-0.4, -0.2) is 10.9 Å². The lowest BCUT2D eigenvalue weighted by Crippen LogP contribution is -2.12. The number of carbonyl (C=O) groups is 1. The average Bonchev–Trinajstić information content (AvgIpc) is 2.89. The molecule has 1 heterocycles. The van der Waals surface area contributed by atoms with E-state index in [1.807, 2.05) is 43.5 Å². The SMILES string of the molecule is Cc1ccc(C(=O)Nc2ccc3[nH]ccc3c2)cc1N. The first-order valence-corrected chi connectivity index (χ1v) is 6.38. The maximum absolute atomic E-state index is 12.2. The number of fused-ring (bicyclic) bond motifs is 1. The second-order valence-corrected chi connectivity index (χ2v) is 4.81. The third-order valence-electron chi connectivity index (χ3n) is 3.35. The summed E-state index contributed by atoms with van der Waals surface area (Å²) in [7, 11) is 0. The minimum atomic E-state index is -0.161. The van der Waals surface area contributed by atoms with Gasteiger partial charge in [0.2, 0.25) is 0 Å². The Kier molecular flexibility index (Phi) is 2.91. The van der Waals surface area contributed by atoms with E-state index in [-0.39, 0.29) is 5.91 Å². The molecule has 0 aliphatic carbocycles. The summed E-state index contributed by atoms with van der Waals surface area (Å²) in [4.78, 5) is 15.3. The summed E-state index contributed by atoms with van der Waals surface area (Å²) < 4.78 is 0. The molecule has 0 spiro atoms. The summed E-state index contributed by atoms with van der Waals surface area (Å²) in [5, 5.41) is 3.94. The van der Waals surface area contributed by atoms with E-state index in [0.717, 1.165) is 22.2 Å². The summed E-state index contributed by atoms with van der Waals surface area (Å²) >= 11 is 0. The van der Waals surface area contributed by atoms with Crippen LogP contribution in [0.2, 0.25) is 0 Å². The fourth-order valence-corrected chi connectivity index (χ4v) is 2.12. The predicted molar refractivity (Wildman–Crippen MR) is 81.8 cm³/mol. The highest BCUT2D eigenvalue weighted by atomic mass is 16.1. The summed E-state index contributed by atoms with van der Waals surface area (Å²) in [6, 6.07) is 13.0. The zero-order valence-electron chi connectivity index (χ0n) is 11.1. The Morgan fingerprint density at radius 3 is 2.80 bits per heavy atom. The molecule has 2 aromatic carbocycles. The van der Waals surface area contributed by atoms with Crippen LogP contribution < -0.4 is 11.1 Å². The maximum Gasteiger partial charge on any atom is 0.255 e. The lowest BCUT2D eigenvalue weighted by molar-refractivity contribution is 0.102. The van der Waals surface area contributed by atoms with Gasteiger partial charge in [0.25, 0.3) is 5.91 Å². The molecule has 3 rings (SSSR count). The zero-order chi connectivity index (χ0) is 14.1. The van der Waals surface area contributed by atoms with Crippen molar-refractivity contribution in [2.75, 3.05) is 11.1 Å². The highest BCUT2D eigenvalue weighted by Gasteiger charge is 2.08. The van der Waals surface area contributed by atoms with E-state index in [0.29, 0.717) is 11.3 Å². The molecule has 4 heteroatoms. The van der Waals surface area contributed by atoms with Crippen LogP contribution in [0.25, 0.3) is 10.9 Å². The van der Waals surface area contributed by atoms with E-state index in [1.165, 1.54) is 0 Å². The van der Waals surface area contributed by atoms with E-state index in [9.17, 15) is 4.79 Å². The molecule has 0 atom stereocenters. The summed E-state index contributed by atoms with van der Waals surface area (Å²) in [5.41, 5.74) is 9.79. The van der Waals surface area contributed by atoms with Crippen molar-refractivity contribution in [2.45, 2.75) is 6.92 Å². The van der Waals surface area contributed by atoms with Gasteiger partial charge in [-0.1, -0.05) is 6.07 Å². The number of carbonyl (C=O) groups excluding carboxylic acids is 1. The third kappa shape index (κ3) is 2.23. The quantitative estimate of drug-likeness (QED) is 0.622. The van der Waals surface area contributed by atoms with Gasteiger partial charge in [-0.3, -0.25) is 4.79 Å². The summed E-state index contributed by atoms with van der Waals surface area (Å²) in [6.07, 6.45) is 1.87. The molecule has 1 aromatic heterocycles. The topological polar surface area (TPSA) is 70.9 Å². The van der Waals surface area contributed by atoms with Gasteiger partial charge in [-0.2, -0.15) is 0 Å². The number of nitrogen functional groups attached to an aromatic ring is 1. The number of hydrogen-bond donors (Lipinski definition) is 3. The Labute approximate surface area is 116 Å². The smallest absolute Gasteiger partial charge is 0.255 e. The number of nitrogens with one attached hydrogen (secondary N) is 2. The molecule has 0 saturated carbocycles. The lowest BCUT2D eigenvalue weighted by atomic mass is 10.1. The van der Waals surface area contributed by atoms with Gasteiger partial charge in [0.1, 0.15) is 0 Å². The van der Waals surface area contributed by atoms with Crippen LogP contribution in [-0.2, 0) is 0 Å².